The molecule has 0 radical (unpaired) electrons. The Morgan fingerprint density at radius 1 is 0.474 bits per heavy atom. The maximum Gasteiger partial charge on any atom is 2.00 e. The molecular weight excluding hydrogens is 456 g/mol. The maximum absolute atomic E-state index is 6.40. The van der Waals surface area contributed by atoms with Crippen LogP contribution in [-0.2, 0) is 100.0 Å². The molecule has 0 saturated heterocycles. The van der Waals surface area contributed by atoms with E-state index < -0.39 is 0 Å². The van der Waals surface area contributed by atoms with Crippen LogP contribution in [0.15, 0.2) is 0 Å². The van der Waals surface area contributed by atoms with Crippen molar-refractivity contribution in [2.24, 2.45) is 0 Å². The van der Waals surface area contributed by atoms with E-state index >= 15 is 0 Å². The van der Waals surface area contributed by atoms with Gasteiger partial charge in [-0.25, -0.2) is 0 Å². The van der Waals surface area contributed by atoms with E-state index in [0.717, 1.165) is 23.0 Å². The molecule has 11 heteroatoms. The summed E-state index contributed by atoms with van der Waals surface area (Å²) >= 11 is 12.4. The molecule has 0 aliphatic carbocycles. The van der Waals surface area contributed by atoms with Crippen LogP contribution in [0, 0.1) is 0 Å². The van der Waals surface area contributed by atoms with Crippen LogP contribution in [-0.4, -0.2) is 49.2 Å². The zero-order valence-corrected chi connectivity index (χ0v) is 17.6. The van der Waals surface area contributed by atoms with Crippen molar-refractivity contribution in [1.82, 2.24) is 0 Å². The van der Waals surface area contributed by atoms with Gasteiger partial charge in [-0.3, -0.25) is 0 Å². The molecule has 19 heavy (non-hydrogen) atoms. The fraction of sp³-hybridized carbons (Fsp3) is 1.00. The van der Waals surface area contributed by atoms with Crippen LogP contribution in [0.3, 0.4) is 0 Å². The van der Waals surface area contributed by atoms with Gasteiger partial charge in [0.15, 0.2) is 0 Å². The molecule has 4 nitrogen and oxygen atoms in total. The summed E-state index contributed by atoms with van der Waals surface area (Å²) in [6, 6.07) is 0. The summed E-state index contributed by atoms with van der Waals surface area (Å²) in [6.07, 6.45) is 0. The fourth-order valence-electron chi connectivity index (χ4n) is 0. The normalized spacial score (nSPS) is 6.32. The van der Waals surface area contributed by atoms with Gasteiger partial charge in [0.1, 0.15) is 0 Å². The summed E-state index contributed by atoms with van der Waals surface area (Å²) in [6.45, 7) is 1.93. The van der Waals surface area contributed by atoms with Crippen molar-refractivity contribution < 1.29 is 49.5 Å². The van der Waals surface area contributed by atoms with E-state index in [1.807, 2.05) is 0 Å². The molecule has 0 bridgehead atoms. The number of hydrogen-bond donors (Lipinski definition) is 0. The summed E-state index contributed by atoms with van der Waals surface area (Å²) in [4.78, 5) is 0. The predicted molar refractivity (Wildman–Crippen MR) is 96.8 cm³/mol. The van der Waals surface area contributed by atoms with Crippen molar-refractivity contribution in [2.45, 2.75) is 0 Å². The van der Waals surface area contributed by atoms with E-state index in [1.54, 1.807) is 0 Å². The van der Waals surface area contributed by atoms with Crippen molar-refractivity contribution in [1.29, 1.82) is 0 Å². The van der Waals surface area contributed by atoms with Crippen LogP contribution in [0.4, 0.5) is 0 Å². The van der Waals surface area contributed by atoms with Gasteiger partial charge in [0, 0.05) is 16.5 Å². The van der Waals surface area contributed by atoms with Crippen LogP contribution >= 0.6 is 0 Å². The second-order valence-electron chi connectivity index (χ2n) is 2.00. The van der Waals surface area contributed by atoms with Crippen LogP contribution in [0.5, 0.6) is 0 Å². The minimum absolute atomic E-state index is 0. The Hall–Kier alpha value is 2.72. The standard InChI is InChI=1S/4C2H6NS.3Ni/c4*3-1-2-4;;;/h4*3-4H,1-2H2;;;/q4*-1;;2*+2/p+4. The van der Waals surface area contributed by atoms with Gasteiger partial charge in [0.25, 0.3) is 0 Å². The minimum Gasteiger partial charge on any atom is -0.674 e. The number of hydrogen-bond acceptors (Lipinski definition) is 0. The Morgan fingerprint density at radius 2 is 0.526 bits per heavy atom. The third kappa shape index (κ3) is 161. The zero-order chi connectivity index (χ0) is 13.7. The third-order valence-corrected chi connectivity index (χ3v) is 1.50. The second kappa shape index (κ2) is 70.1. The largest absolute Gasteiger partial charge is 2.00 e. The smallest absolute Gasteiger partial charge is 0.674 e. The van der Waals surface area contributed by atoms with Crippen molar-refractivity contribution in [3.8, 4) is 0 Å². The van der Waals surface area contributed by atoms with Crippen molar-refractivity contribution in [3.63, 3.8) is 0 Å². The van der Waals surface area contributed by atoms with Gasteiger partial charge in [0.05, 0.1) is 23.0 Å². The quantitative estimate of drug-likeness (QED) is 0.402. The molecule has 0 saturated carbocycles. The first-order valence-electron chi connectivity index (χ1n) is 4.83. The third-order valence-electron chi connectivity index (χ3n) is 0.500. The monoisotopic (exact) mass is 482 g/mol. The predicted octanol–water partition coefficient (Wildman–Crippen LogP) is 0.193. The van der Waals surface area contributed by atoms with Crippen molar-refractivity contribution in [2.75, 3.05) is 49.2 Å². The first-order chi connectivity index (χ1) is 7.66. The molecule has 0 heterocycles. The Morgan fingerprint density at radius 3 is 0.526 bits per heavy atom. The zero-order valence-electron chi connectivity index (χ0n) is 10.6. The van der Waals surface area contributed by atoms with Crippen molar-refractivity contribution >= 4 is 50.5 Å². The average molecular weight is 485 g/mol. The van der Waals surface area contributed by atoms with Crippen molar-refractivity contribution in [3.05, 3.63) is 22.9 Å². The molecule has 0 unspecified atom stereocenters. The van der Waals surface area contributed by atoms with E-state index in [2.05, 4.69) is 50.5 Å². The van der Waals surface area contributed by atoms with E-state index in [1.165, 1.54) is 0 Å². The summed E-state index contributed by atoms with van der Waals surface area (Å²) in [5.41, 5.74) is 25.6. The molecule has 0 rings (SSSR count). The SMILES string of the molecule is [NH-]CC[SH2+].[NH-]CC[SH2+].[NH-]CC[SH2+].[NH-]CC[SH2+].[Ni+2].[Ni+2].[Ni]. The Kier molecular flexibility index (Phi) is 159. The summed E-state index contributed by atoms with van der Waals surface area (Å²) in [7, 11) is 0. The summed E-state index contributed by atoms with van der Waals surface area (Å²) in [5, 5.41) is 0. The number of rotatable bonds is 4. The summed E-state index contributed by atoms with van der Waals surface area (Å²) < 4.78 is 0. The molecule has 0 amide bonds. The minimum atomic E-state index is 0. The topological polar surface area (TPSA) is 95.2 Å². The van der Waals surface area contributed by atoms with Gasteiger partial charge in [-0.1, -0.05) is 0 Å². The Balaban J connectivity index is -0.0000000192. The molecule has 0 aromatic carbocycles. The fourth-order valence-corrected chi connectivity index (χ4v) is 0. The van der Waals surface area contributed by atoms with E-state index in [0.29, 0.717) is 26.2 Å². The molecule has 0 fully saturated rings. The van der Waals surface area contributed by atoms with Crippen LogP contribution in [0.25, 0.3) is 22.9 Å². The van der Waals surface area contributed by atoms with Crippen LogP contribution in [0.2, 0.25) is 0 Å². The van der Waals surface area contributed by atoms with Gasteiger partial charge < -0.3 is 22.9 Å². The first kappa shape index (κ1) is 43.0. The van der Waals surface area contributed by atoms with Crippen LogP contribution < -0.4 is 0 Å². The van der Waals surface area contributed by atoms with E-state index in [4.69, 9.17) is 22.9 Å². The molecule has 0 aliphatic rings. The van der Waals surface area contributed by atoms with Gasteiger partial charge in [-0.2, -0.15) is 0 Å². The van der Waals surface area contributed by atoms with Gasteiger partial charge in [0.2, 0.25) is 0 Å². The molecule has 0 atom stereocenters. The second-order valence-corrected chi connectivity index (χ2v) is 4.00. The molecular formula is C8H28N4Ni3S4+4. The van der Waals surface area contributed by atoms with Gasteiger partial charge >= 0.3 is 33.0 Å². The molecule has 0 aliphatic heterocycles. The Labute approximate surface area is 170 Å². The molecule has 0 aromatic heterocycles. The average Bonchev–Trinajstić information content (AvgIpc) is 2.39. The van der Waals surface area contributed by atoms with Crippen LogP contribution in [0.1, 0.15) is 0 Å². The van der Waals surface area contributed by atoms with E-state index in [-0.39, 0.29) is 49.5 Å². The summed E-state index contributed by atoms with van der Waals surface area (Å²) in [5.74, 6) is 3.17. The molecule has 0 aromatic rings. The van der Waals surface area contributed by atoms with Gasteiger partial charge in [-0.15, -0.1) is 26.2 Å². The molecule has 0 spiro atoms. The Bertz CT molecular complexity index is 60.0. The van der Waals surface area contributed by atoms with E-state index in [9.17, 15) is 0 Å². The number of nitrogens with one attached hydrogen (secondary N) is 4. The molecule has 130 valence electrons. The van der Waals surface area contributed by atoms with Gasteiger partial charge in [-0.05, 0) is 50.5 Å². The maximum atomic E-state index is 6.40. The first-order valence-corrected chi connectivity index (χ1v) is 7.66. The molecule has 4 N–H and O–H groups in total.